The number of amides is 1. The lowest BCUT2D eigenvalue weighted by Crippen LogP contribution is -2.38. The minimum atomic E-state index is -0.291. The minimum absolute atomic E-state index is 0.102. The Morgan fingerprint density at radius 1 is 1.18 bits per heavy atom. The lowest BCUT2D eigenvalue weighted by atomic mass is 10.1. The summed E-state index contributed by atoms with van der Waals surface area (Å²) in [5.41, 5.74) is 2.93. The van der Waals surface area contributed by atoms with Crippen molar-refractivity contribution in [2.75, 3.05) is 39.4 Å². The summed E-state index contributed by atoms with van der Waals surface area (Å²) in [5, 5.41) is 11.1. The molecule has 0 atom stereocenters. The first-order valence-electron chi connectivity index (χ1n) is 9.53. The zero-order valence-corrected chi connectivity index (χ0v) is 15.6. The number of H-pyrrole nitrogens is 1. The van der Waals surface area contributed by atoms with Gasteiger partial charge in [-0.2, -0.15) is 5.10 Å². The molecule has 2 N–H and O–H groups in total. The molecule has 2 aromatic carbocycles. The van der Waals surface area contributed by atoms with Crippen molar-refractivity contribution in [1.82, 2.24) is 20.4 Å². The number of fused-ring (bicyclic) bond motifs is 1. The molecule has 1 aliphatic heterocycles. The van der Waals surface area contributed by atoms with Gasteiger partial charge in [-0.1, -0.05) is 0 Å². The fourth-order valence-electron chi connectivity index (χ4n) is 3.41. The summed E-state index contributed by atoms with van der Waals surface area (Å²) in [7, 11) is 0. The van der Waals surface area contributed by atoms with Crippen LogP contribution in [0.3, 0.4) is 0 Å². The van der Waals surface area contributed by atoms with Gasteiger partial charge in [0, 0.05) is 36.1 Å². The SMILES string of the molecule is O=C(NCCCN1CCOCC1)c1ccc2[nH]nc(-c3ccc(F)cc3)c2c1. The summed E-state index contributed by atoms with van der Waals surface area (Å²) in [5.74, 6) is -0.393. The Labute approximate surface area is 162 Å². The van der Waals surface area contributed by atoms with Crippen molar-refractivity contribution in [3.63, 3.8) is 0 Å². The highest BCUT2D eigenvalue weighted by atomic mass is 19.1. The van der Waals surface area contributed by atoms with Crippen LogP contribution in [0.5, 0.6) is 0 Å². The van der Waals surface area contributed by atoms with E-state index in [0.717, 1.165) is 55.7 Å². The van der Waals surface area contributed by atoms with Crippen molar-refractivity contribution in [2.45, 2.75) is 6.42 Å². The average Bonchev–Trinajstić information content (AvgIpc) is 3.15. The standard InChI is InChI=1S/C21H23FN4O2/c22-17-5-2-15(3-6-17)20-18-14-16(4-7-19(18)24-25-20)21(27)23-8-1-9-26-10-12-28-13-11-26/h2-7,14H,1,8-13H2,(H,23,27)(H,24,25). The molecule has 2 heterocycles. The number of nitrogens with zero attached hydrogens (tertiary/aromatic N) is 2. The van der Waals surface area contributed by atoms with Crippen molar-refractivity contribution in [3.05, 3.63) is 53.8 Å². The number of morpholine rings is 1. The molecule has 1 fully saturated rings. The number of ether oxygens (including phenoxy) is 1. The van der Waals surface area contributed by atoms with Gasteiger partial charge in [0.1, 0.15) is 5.82 Å². The summed E-state index contributed by atoms with van der Waals surface area (Å²) in [6.07, 6.45) is 0.903. The molecular formula is C21H23FN4O2. The Morgan fingerprint density at radius 3 is 2.75 bits per heavy atom. The Kier molecular flexibility index (Phi) is 5.64. The molecule has 146 valence electrons. The maximum atomic E-state index is 13.2. The van der Waals surface area contributed by atoms with Crippen LogP contribution in [-0.2, 0) is 4.74 Å². The number of benzene rings is 2. The van der Waals surface area contributed by atoms with Gasteiger partial charge < -0.3 is 10.1 Å². The first-order valence-corrected chi connectivity index (χ1v) is 9.53. The van der Waals surface area contributed by atoms with Crippen molar-refractivity contribution in [1.29, 1.82) is 0 Å². The van der Waals surface area contributed by atoms with E-state index >= 15 is 0 Å². The second-order valence-corrected chi connectivity index (χ2v) is 6.90. The van der Waals surface area contributed by atoms with Gasteiger partial charge in [-0.15, -0.1) is 0 Å². The zero-order valence-electron chi connectivity index (χ0n) is 15.6. The highest BCUT2D eigenvalue weighted by Crippen LogP contribution is 2.27. The topological polar surface area (TPSA) is 70.2 Å². The molecule has 7 heteroatoms. The van der Waals surface area contributed by atoms with Crippen LogP contribution >= 0.6 is 0 Å². The fourth-order valence-corrected chi connectivity index (χ4v) is 3.41. The molecule has 28 heavy (non-hydrogen) atoms. The second kappa shape index (κ2) is 8.50. The van der Waals surface area contributed by atoms with E-state index in [2.05, 4.69) is 20.4 Å². The molecule has 0 aliphatic carbocycles. The molecule has 3 aromatic rings. The monoisotopic (exact) mass is 382 g/mol. The van der Waals surface area contributed by atoms with Crippen molar-refractivity contribution >= 4 is 16.8 Å². The van der Waals surface area contributed by atoms with Crippen molar-refractivity contribution in [2.24, 2.45) is 0 Å². The maximum absolute atomic E-state index is 13.2. The normalized spacial score (nSPS) is 15.0. The Bertz CT molecular complexity index is 949. The quantitative estimate of drug-likeness (QED) is 0.643. The molecule has 0 spiro atoms. The van der Waals surface area contributed by atoms with Gasteiger partial charge in [-0.05, 0) is 55.4 Å². The third-order valence-electron chi connectivity index (χ3n) is 4.98. The Morgan fingerprint density at radius 2 is 1.96 bits per heavy atom. The van der Waals surface area contributed by atoms with Crippen LogP contribution in [0, 0.1) is 5.82 Å². The smallest absolute Gasteiger partial charge is 0.251 e. The predicted molar refractivity (Wildman–Crippen MR) is 106 cm³/mol. The number of carbonyl (C=O) groups excluding carboxylic acids is 1. The lowest BCUT2D eigenvalue weighted by molar-refractivity contribution is 0.0374. The van der Waals surface area contributed by atoms with Crippen LogP contribution in [0.2, 0.25) is 0 Å². The fraction of sp³-hybridized carbons (Fsp3) is 0.333. The minimum Gasteiger partial charge on any atom is -0.379 e. The van der Waals surface area contributed by atoms with E-state index in [-0.39, 0.29) is 11.7 Å². The predicted octanol–water partition coefficient (Wildman–Crippen LogP) is 2.82. The largest absolute Gasteiger partial charge is 0.379 e. The molecule has 1 aliphatic rings. The van der Waals surface area contributed by atoms with Gasteiger partial charge in [0.2, 0.25) is 0 Å². The summed E-state index contributed by atoms with van der Waals surface area (Å²) in [6, 6.07) is 11.6. The van der Waals surface area contributed by atoms with Gasteiger partial charge >= 0.3 is 0 Å². The Hall–Kier alpha value is -2.77. The van der Waals surface area contributed by atoms with Crippen molar-refractivity contribution in [3.8, 4) is 11.3 Å². The molecule has 1 aromatic heterocycles. The molecule has 1 amide bonds. The van der Waals surface area contributed by atoms with Gasteiger partial charge in [-0.3, -0.25) is 14.8 Å². The van der Waals surface area contributed by atoms with Crippen LogP contribution in [0.1, 0.15) is 16.8 Å². The van der Waals surface area contributed by atoms with E-state index in [0.29, 0.717) is 17.8 Å². The van der Waals surface area contributed by atoms with Crippen LogP contribution in [0.15, 0.2) is 42.5 Å². The number of aromatic nitrogens is 2. The van der Waals surface area contributed by atoms with Crippen LogP contribution in [0.4, 0.5) is 4.39 Å². The molecule has 1 saturated heterocycles. The molecule has 6 nitrogen and oxygen atoms in total. The molecular weight excluding hydrogens is 359 g/mol. The highest BCUT2D eigenvalue weighted by molar-refractivity contribution is 6.01. The van der Waals surface area contributed by atoms with E-state index in [9.17, 15) is 9.18 Å². The number of halogens is 1. The number of nitrogens with one attached hydrogen (secondary N) is 2. The maximum Gasteiger partial charge on any atom is 0.251 e. The molecule has 0 saturated carbocycles. The summed E-state index contributed by atoms with van der Waals surface area (Å²) in [4.78, 5) is 14.9. The van der Waals surface area contributed by atoms with Crippen LogP contribution in [-0.4, -0.2) is 60.4 Å². The number of carbonyl (C=O) groups is 1. The zero-order chi connectivity index (χ0) is 19.3. The number of rotatable bonds is 6. The van der Waals surface area contributed by atoms with Gasteiger partial charge in [0.25, 0.3) is 5.91 Å². The molecule has 0 unspecified atom stereocenters. The van der Waals surface area contributed by atoms with Crippen molar-refractivity contribution < 1.29 is 13.9 Å². The second-order valence-electron chi connectivity index (χ2n) is 6.90. The summed E-state index contributed by atoms with van der Waals surface area (Å²) in [6.45, 7) is 5.07. The van der Waals surface area contributed by atoms with Crippen LogP contribution in [0.25, 0.3) is 22.2 Å². The van der Waals surface area contributed by atoms with E-state index < -0.39 is 0 Å². The van der Waals surface area contributed by atoms with Crippen LogP contribution < -0.4 is 5.32 Å². The number of hydrogen-bond donors (Lipinski definition) is 2. The number of hydrogen-bond acceptors (Lipinski definition) is 4. The van der Waals surface area contributed by atoms with Gasteiger partial charge in [-0.25, -0.2) is 4.39 Å². The van der Waals surface area contributed by atoms with E-state index in [1.54, 1.807) is 18.2 Å². The first-order chi connectivity index (χ1) is 13.7. The van der Waals surface area contributed by atoms with Gasteiger partial charge in [0.05, 0.1) is 24.4 Å². The van der Waals surface area contributed by atoms with E-state index in [1.165, 1.54) is 12.1 Å². The van der Waals surface area contributed by atoms with E-state index in [1.807, 2.05) is 12.1 Å². The lowest BCUT2D eigenvalue weighted by Gasteiger charge is -2.26. The summed E-state index contributed by atoms with van der Waals surface area (Å²) < 4.78 is 18.5. The average molecular weight is 382 g/mol. The van der Waals surface area contributed by atoms with Gasteiger partial charge in [0.15, 0.2) is 0 Å². The Balaban J connectivity index is 1.41. The third-order valence-corrected chi connectivity index (χ3v) is 4.98. The summed E-state index contributed by atoms with van der Waals surface area (Å²) >= 11 is 0. The molecule has 4 rings (SSSR count). The molecule has 0 bridgehead atoms. The first kappa shape index (κ1) is 18.6. The third kappa shape index (κ3) is 4.21. The van der Waals surface area contributed by atoms with E-state index in [4.69, 9.17) is 4.74 Å². The number of aromatic amines is 1. The highest BCUT2D eigenvalue weighted by Gasteiger charge is 2.13. The molecule has 0 radical (unpaired) electrons.